The minimum absolute atomic E-state index is 0.113. The zero-order chi connectivity index (χ0) is 7.28. The molecule has 0 heterocycles. The Hall–Kier alpha value is -1.14. The molecular weight excluding hydrogens is 116 g/mol. The molecule has 0 spiro atoms. The molecular formula is C7H8O2. The van der Waals surface area contributed by atoms with Crippen molar-refractivity contribution in [3.8, 4) is 0 Å². The normalized spacial score (nSPS) is 7.67. The lowest BCUT2D eigenvalue weighted by Crippen LogP contribution is -1.94. The van der Waals surface area contributed by atoms with Gasteiger partial charge in [-0.25, -0.2) is 4.79 Å². The van der Waals surface area contributed by atoms with Crippen molar-refractivity contribution >= 4 is 11.7 Å². The first-order valence-corrected chi connectivity index (χ1v) is 2.56. The topological polar surface area (TPSA) is 34.1 Å². The Kier molecular flexibility index (Phi) is 3.33. The molecule has 0 amide bonds. The van der Waals surface area contributed by atoms with Gasteiger partial charge in [0.25, 0.3) is 0 Å². The predicted octanol–water partition coefficient (Wildman–Crippen LogP) is 0.909. The number of rotatable bonds is 3. The summed E-state index contributed by atoms with van der Waals surface area (Å²) in [6.07, 6.45) is 1.27. The fourth-order valence-corrected chi connectivity index (χ4v) is 0.309. The third kappa shape index (κ3) is 3.44. The van der Waals surface area contributed by atoms with Gasteiger partial charge in [-0.3, -0.25) is 4.79 Å². The lowest BCUT2D eigenvalue weighted by atomic mass is 10.2. The molecule has 0 aromatic carbocycles. The van der Waals surface area contributed by atoms with Crippen LogP contribution >= 0.6 is 0 Å². The molecule has 0 aromatic heterocycles. The van der Waals surface area contributed by atoms with Crippen molar-refractivity contribution in [3.63, 3.8) is 0 Å². The molecule has 0 saturated carbocycles. The molecule has 0 saturated heterocycles. The summed E-state index contributed by atoms with van der Waals surface area (Å²) in [5.74, 6) is 1.40. The molecule has 0 N–H and O–H groups in total. The van der Waals surface area contributed by atoms with Crippen LogP contribution in [0.1, 0.15) is 13.3 Å². The van der Waals surface area contributed by atoms with E-state index in [1.54, 1.807) is 6.92 Å². The van der Waals surface area contributed by atoms with Crippen LogP contribution in [0.4, 0.5) is 0 Å². The summed E-state index contributed by atoms with van der Waals surface area (Å²) in [6.45, 7) is 5.02. The highest BCUT2D eigenvalue weighted by atomic mass is 16.1. The predicted molar refractivity (Wildman–Crippen MR) is 34.7 cm³/mol. The highest BCUT2D eigenvalue weighted by Gasteiger charge is 1.96. The van der Waals surface area contributed by atoms with Crippen LogP contribution in [0.3, 0.4) is 0 Å². The lowest BCUT2D eigenvalue weighted by molar-refractivity contribution is -0.114. The van der Waals surface area contributed by atoms with Crippen molar-refractivity contribution in [2.24, 2.45) is 0 Å². The van der Waals surface area contributed by atoms with Gasteiger partial charge in [0.1, 0.15) is 5.94 Å². The Labute approximate surface area is 53.9 Å². The molecule has 2 nitrogen and oxygen atoms in total. The summed E-state index contributed by atoms with van der Waals surface area (Å²) in [5, 5.41) is 0. The summed E-state index contributed by atoms with van der Waals surface area (Å²) in [5.41, 5.74) is 0.474. The molecule has 0 aliphatic rings. The van der Waals surface area contributed by atoms with Crippen molar-refractivity contribution in [2.75, 3.05) is 0 Å². The van der Waals surface area contributed by atoms with Gasteiger partial charge in [-0.15, -0.1) is 0 Å². The second kappa shape index (κ2) is 3.81. The molecule has 0 aromatic rings. The second-order valence-electron chi connectivity index (χ2n) is 1.73. The van der Waals surface area contributed by atoms with Crippen LogP contribution in [0.25, 0.3) is 0 Å². The third-order valence-corrected chi connectivity index (χ3v) is 0.847. The van der Waals surface area contributed by atoms with Gasteiger partial charge in [0.15, 0.2) is 5.78 Å². The summed E-state index contributed by atoms with van der Waals surface area (Å²) >= 11 is 0. The highest BCUT2D eigenvalue weighted by molar-refractivity contribution is 5.95. The zero-order valence-electron chi connectivity index (χ0n) is 5.31. The van der Waals surface area contributed by atoms with Crippen molar-refractivity contribution in [1.82, 2.24) is 0 Å². The standard InChI is InChI=1S/C7H8O2/c1-6(2)7(9)4-3-5-8/h3H,1,4H2,2H3. The lowest BCUT2D eigenvalue weighted by Gasteiger charge is -1.88. The monoisotopic (exact) mass is 124 g/mol. The quantitative estimate of drug-likeness (QED) is 0.414. The first-order chi connectivity index (χ1) is 4.18. The minimum Gasteiger partial charge on any atom is -0.294 e. The first kappa shape index (κ1) is 7.86. The largest absolute Gasteiger partial charge is 0.294 e. The Bertz CT molecular complexity index is 173. The average Bonchev–Trinajstić information content (AvgIpc) is 1.82. The number of Topliss-reactive ketones (excluding diaryl/α,β-unsaturated/α-hetero) is 1. The maximum Gasteiger partial charge on any atom is 0.162 e. The molecule has 2 heteroatoms. The molecule has 0 bridgehead atoms. The number of carbonyl (C=O) groups excluding carboxylic acids is 2. The van der Waals surface area contributed by atoms with Crippen LogP contribution in [0, 0.1) is 0 Å². The third-order valence-electron chi connectivity index (χ3n) is 0.847. The van der Waals surface area contributed by atoms with Crippen molar-refractivity contribution < 1.29 is 9.59 Å². The molecule has 48 valence electrons. The second-order valence-corrected chi connectivity index (χ2v) is 1.73. The van der Waals surface area contributed by atoms with Gasteiger partial charge in [0.05, 0.1) is 0 Å². The van der Waals surface area contributed by atoms with Crippen LogP contribution in [0.5, 0.6) is 0 Å². The van der Waals surface area contributed by atoms with E-state index in [0.29, 0.717) is 5.57 Å². The molecule has 0 radical (unpaired) electrons. The van der Waals surface area contributed by atoms with Gasteiger partial charge in [0, 0.05) is 12.5 Å². The van der Waals surface area contributed by atoms with E-state index in [-0.39, 0.29) is 12.2 Å². The van der Waals surface area contributed by atoms with Crippen LogP contribution < -0.4 is 0 Å². The highest BCUT2D eigenvalue weighted by Crippen LogP contribution is 1.93. The smallest absolute Gasteiger partial charge is 0.162 e. The van der Waals surface area contributed by atoms with Gasteiger partial charge in [-0.05, 0) is 12.5 Å². The van der Waals surface area contributed by atoms with E-state index in [2.05, 4.69) is 6.58 Å². The fraction of sp³-hybridized carbons (Fsp3) is 0.286. The molecule has 0 aliphatic carbocycles. The van der Waals surface area contributed by atoms with Crippen LogP contribution in [-0.4, -0.2) is 11.7 Å². The fourth-order valence-electron chi connectivity index (χ4n) is 0.309. The maximum atomic E-state index is 10.6. The molecule has 0 rings (SSSR count). The van der Waals surface area contributed by atoms with Gasteiger partial charge >= 0.3 is 0 Å². The van der Waals surface area contributed by atoms with E-state index in [1.165, 1.54) is 5.94 Å². The number of ketones is 1. The molecule has 0 aliphatic heterocycles. The van der Waals surface area contributed by atoms with Gasteiger partial charge < -0.3 is 0 Å². The zero-order valence-corrected chi connectivity index (χ0v) is 5.31. The number of allylic oxidation sites excluding steroid dienone is 2. The van der Waals surface area contributed by atoms with E-state index in [0.717, 1.165) is 6.08 Å². The van der Waals surface area contributed by atoms with Crippen LogP contribution in [0.15, 0.2) is 18.2 Å². The number of hydrogen-bond donors (Lipinski definition) is 0. The van der Waals surface area contributed by atoms with Gasteiger partial charge in [-0.2, -0.15) is 0 Å². The maximum absolute atomic E-state index is 10.6. The Morgan fingerprint density at radius 1 is 1.78 bits per heavy atom. The Morgan fingerprint density at radius 2 is 2.33 bits per heavy atom. The molecule has 0 atom stereocenters. The average molecular weight is 124 g/mol. The molecule has 0 fully saturated rings. The summed E-state index contributed by atoms with van der Waals surface area (Å²) in [6, 6.07) is 0. The summed E-state index contributed by atoms with van der Waals surface area (Å²) in [7, 11) is 0. The van der Waals surface area contributed by atoms with E-state index < -0.39 is 0 Å². The molecule has 0 unspecified atom stereocenters. The van der Waals surface area contributed by atoms with Crippen molar-refractivity contribution in [2.45, 2.75) is 13.3 Å². The van der Waals surface area contributed by atoms with Crippen molar-refractivity contribution in [3.05, 3.63) is 18.2 Å². The van der Waals surface area contributed by atoms with Crippen LogP contribution in [-0.2, 0) is 9.59 Å². The van der Waals surface area contributed by atoms with E-state index >= 15 is 0 Å². The van der Waals surface area contributed by atoms with Gasteiger partial charge in [0.2, 0.25) is 0 Å². The van der Waals surface area contributed by atoms with E-state index in [4.69, 9.17) is 0 Å². The minimum atomic E-state index is -0.113. The first-order valence-electron chi connectivity index (χ1n) is 2.56. The van der Waals surface area contributed by atoms with Crippen LogP contribution in [0.2, 0.25) is 0 Å². The summed E-state index contributed by atoms with van der Waals surface area (Å²) < 4.78 is 0. The van der Waals surface area contributed by atoms with Crippen molar-refractivity contribution in [1.29, 1.82) is 0 Å². The SMILES string of the molecule is C=C(C)C(=O)CC=C=O. The number of hydrogen-bond acceptors (Lipinski definition) is 2. The number of carbonyl (C=O) groups is 1. The van der Waals surface area contributed by atoms with E-state index in [9.17, 15) is 9.59 Å². The molecule has 9 heavy (non-hydrogen) atoms. The summed E-state index contributed by atoms with van der Waals surface area (Å²) in [4.78, 5) is 20.2. The van der Waals surface area contributed by atoms with Gasteiger partial charge in [-0.1, -0.05) is 6.58 Å². The Balaban J connectivity index is 3.78. The Morgan fingerprint density at radius 3 is 2.67 bits per heavy atom. The van der Waals surface area contributed by atoms with E-state index in [1.807, 2.05) is 0 Å².